The lowest BCUT2D eigenvalue weighted by molar-refractivity contribution is 0.148. The van der Waals surface area contributed by atoms with Crippen LogP contribution in [0.1, 0.15) is 25.3 Å². The average molecular weight is 250 g/mol. The van der Waals surface area contributed by atoms with Gasteiger partial charge < -0.3 is 15.3 Å². The smallest absolute Gasteiger partial charge is 0.0838 e. The third-order valence-electron chi connectivity index (χ3n) is 2.89. The molecule has 0 radical (unpaired) electrons. The maximum absolute atomic E-state index is 9.75. The molecule has 0 aliphatic heterocycles. The van der Waals surface area contributed by atoms with Gasteiger partial charge in [-0.2, -0.15) is 0 Å². The van der Waals surface area contributed by atoms with Gasteiger partial charge in [-0.1, -0.05) is 25.5 Å². The van der Waals surface area contributed by atoms with E-state index in [2.05, 4.69) is 36.5 Å². The zero-order valence-electron chi connectivity index (χ0n) is 11.8. The Labute approximate surface area is 111 Å². The van der Waals surface area contributed by atoms with Crippen LogP contribution < -0.4 is 5.32 Å². The van der Waals surface area contributed by atoms with Crippen LogP contribution in [0.3, 0.4) is 0 Å². The van der Waals surface area contributed by atoms with Crippen molar-refractivity contribution in [3.63, 3.8) is 0 Å². The van der Waals surface area contributed by atoms with Crippen LogP contribution in [0.15, 0.2) is 24.3 Å². The maximum Gasteiger partial charge on any atom is 0.0838 e. The maximum atomic E-state index is 9.75. The van der Waals surface area contributed by atoms with E-state index in [0.717, 1.165) is 12.1 Å². The van der Waals surface area contributed by atoms with Gasteiger partial charge in [-0.3, -0.25) is 0 Å². The number of unbranched alkanes of at least 4 members (excludes halogenated alkanes) is 1. The van der Waals surface area contributed by atoms with Gasteiger partial charge in [-0.25, -0.2) is 0 Å². The third kappa shape index (κ3) is 6.03. The van der Waals surface area contributed by atoms with Crippen molar-refractivity contribution in [2.45, 2.75) is 32.3 Å². The number of aliphatic hydroxyl groups excluding tert-OH is 1. The predicted molar refractivity (Wildman–Crippen MR) is 78.1 cm³/mol. The first-order chi connectivity index (χ1) is 8.61. The number of nitrogens with zero attached hydrogens (tertiary/aromatic N) is 1. The number of aryl methyl sites for hydroxylation is 1. The summed E-state index contributed by atoms with van der Waals surface area (Å²) in [6, 6.07) is 8.51. The molecule has 1 aromatic rings. The highest BCUT2D eigenvalue weighted by molar-refractivity contribution is 5.44. The second-order valence-electron chi connectivity index (χ2n) is 5.10. The largest absolute Gasteiger partial charge is 0.390 e. The molecule has 1 unspecified atom stereocenters. The summed E-state index contributed by atoms with van der Waals surface area (Å²) < 4.78 is 0. The number of nitrogens with one attached hydrogen (secondary N) is 1. The van der Waals surface area contributed by atoms with E-state index >= 15 is 0 Å². The molecule has 1 rings (SSSR count). The molecule has 0 saturated heterocycles. The van der Waals surface area contributed by atoms with Crippen molar-refractivity contribution in [1.29, 1.82) is 0 Å². The Kier molecular flexibility index (Phi) is 6.76. The van der Waals surface area contributed by atoms with Crippen LogP contribution >= 0.6 is 0 Å². The van der Waals surface area contributed by atoms with Gasteiger partial charge in [0.05, 0.1) is 6.10 Å². The van der Waals surface area contributed by atoms with E-state index in [4.69, 9.17) is 0 Å². The fourth-order valence-electron chi connectivity index (χ4n) is 1.89. The summed E-state index contributed by atoms with van der Waals surface area (Å²) in [5, 5.41) is 13.0. The molecule has 3 heteroatoms. The first-order valence-corrected chi connectivity index (χ1v) is 6.77. The monoisotopic (exact) mass is 250 g/mol. The summed E-state index contributed by atoms with van der Waals surface area (Å²) in [4.78, 5) is 1.99. The topological polar surface area (TPSA) is 35.5 Å². The molecule has 2 N–H and O–H groups in total. The molecule has 0 bridgehead atoms. The van der Waals surface area contributed by atoms with Gasteiger partial charge >= 0.3 is 0 Å². The highest BCUT2D eigenvalue weighted by Crippen LogP contribution is 2.11. The lowest BCUT2D eigenvalue weighted by Crippen LogP contribution is -2.31. The number of rotatable bonds is 8. The lowest BCUT2D eigenvalue weighted by Gasteiger charge is -2.17. The van der Waals surface area contributed by atoms with Crippen LogP contribution in [0.4, 0.5) is 5.69 Å². The summed E-state index contributed by atoms with van der Waals surface area (Å²) in [6.07, 6.45) is 3.30. The summed E-state index contributed by atoms with van der Waals surface area (Å²) in [7, 11) is 3.93. The van der Waals surface area contributed by atoms with E-state index < -0.39 is 0 Å². The van der Waals surface area contributed by atoms with Crippen LogP contribution in [-0.4, -0.2) is 43.3 Å². The third-order valence-corrected chi connectivity index (χ3v) is 2.89. The molecule has 18 heavy (non-hydrogen) atoms. The number of aliphatic hydroxyl groups is 1. The average Bonchev–Trinajstić information content (AvgIpc) is 2.34. The van der Waals surface area contributed by atoms with Gasteiger partial charge in [0.2, 0.25) is 0 Å². The SMILES string of the molecule is CCCCc1ccc(NCC(O)CN(C)C)cc1. The van der Waals surface area contributed by atoms with Crippen molar-refractivity contribution in [3.8, 4) is 0 Å². The Morgan fingerprint density at radius 3 is 2.44 bits per heavy atom. The van der Waals surface area contributed by atoms with E-state index in [0.29, 0.717) is 13.1 Å². The second-order valence-corrected chi connectivity index (χ2v) is 5.10. The Morgan fingerprint density at radius 1 is 1.22 bits per heavy atom. The molecule has 1 atom stereocenters. The van der Waals surface area contributed by atoms with Gasteiger partial charge in [0.15, 0.2) is 0 Å². The normalized spacial score (nSPS) is 12.7. The number of anilines is 1. The van der Waals surface area contributed by atoms with Crippen molar-refractivity contribution in [1.82, 2.24) is 4.90 Å². The van der Waals surface area contributed by atoms with Crippen LogP contribution in [0, 0.1) is 0 Å². The van der Waals surface area contributed by atoms with E-state index in [-0.39, 0.29) is 6.10 Å². The predicted octanol–water partition coefficient (Wildman–Crippen LogP) is 2.36. The van der Waals surface area contributed by atoms with Crippen molar-refractivity contribution >= 4 is 5.69 Å². The summed E-state index contributed by atoms with van der Waals surface area (Å²) in [6.45, 7) is 3.48. The van der Waals surface area contributed by atoms with E-state index in [9.17, 15) is 5.11 Å². The van der Waals surface area contributed by atoms with Gasteiger partial charge in [0.1, 0.15) is 0 Å². The molecule has 0 fully saturated rings. The van der Waals surface area contributed by atoms with Gasteiger partial charge in [-0.05, 0) is 44.6 Å². The Bertz CT molecular complexity index is 322. The van der Waals surface area contributed by atoms with Crippen molar-refractivity contribution < 1.29 is 5.11 Å². The molecular formula is C15H26N2O. The zero-order valence-corrected chi connectivity index (χ0v) is 11.8. The minimum absolute atomic E-state index is 0.334. The van der Waals surface area contributed by atoms with Crippen LogP contribution in [0.5, 0.6) is 0 Å². The summed E-state index contributed by atoms with van der Waals surface area (Å²) in [5.41, 5.74) is 2.46. The summed E-state index contributed by atoms with van der Waals surface area (Å²) in [5.74, 6) is 0. The van der Waals surface area contributed by atoms with E-state index in [1.54, 1.807) is 0 Å². The lowest BCUT2D eigenvalue weighted by atomic mass is 10.1. The quantitative estimate of drug-likeness (QED) is 0.743. The summed E-state index contributed by atoms with van der Waals surface area (Å²) >= 11 is 0. The minimum atomic E-state index is -0.334. The Hall–Kier alpha value is -1.06. The molecule has 102 valence electrons. The standard InChI is InChI=1S/C15H26N2O/c1-4-5-6-13-7-9-14(10-8-13)16-11-15(18)12-17(2)3/h7-10,15-16,18H,4-6,11-12H2,1-3H3. The van der Waals surface area contributed by atoms with Crippen molar-refractivity contribution in [2.75, 3.05) is 32.5 Å². The number of benzene rings is 1. The molecule has 0 amide bonds. The molecule has 0 spiro atoms. The molecule has 0 aromatic heterocycles. The number of hydrogen-bond acceptors (Lipinski definition) is 3. The zero-order chi connectivity index (χ0) is 13.4. The highest BCUT2D eigenvalue weighted by Gasteiger charge is 2.04. The molecular weight excluding hydrogens is 224 g/mol. The molecule has 1 aromatic carbocycles. The fraction of sp³-hybridized carbons (Fsp3) is 0.600. The van der Waals surface area contributed by atoms with Crippen molar-refractivity contribution in [3.05, 3.63) is 29.8 Å². The van der Waals surface area contributed by atoms with Crippen LogP contribution in [-0.2, 0) is 6.42 Å². The first kappa shape index (κ1) is 15.0. The van der Waals surface area contributed by atoms with Crippen LogP contribution in [0.25, 0.3) is 0 Å². The molecule has 0 aliphatic carbocycles. The minimum Gasteiger partial charge on any atom is -0.390 e. The highest BCUT2D eigenvalue weighted by atomic mass is 16.3. The van der Waals surface area contributed by atoms with E-state index in [1.807, 2.05) is 19.0 Å². The fourth-order valence-corrected chi connectivity index (χ4v) is 1.89. The Balaban J connectivity index is 2.34. The molecule has 0 aliphatic rings. The van der Waals surface area contributed by atoms with Gasteiger partial charge in [-0.15, -0.1) is 0 Å². The molecule has 3 nitrogen and oxygen atoms in total. The van der Waals surface area contributed by atoms with E-state index in [1.165, 1.54) is 18.4 Å². The van der Waals surface area contributed by atoms with Gasteiger partial charge in [0.25, 0.3) is 0 Å². The Morgan fingerprint density at radius 2 is 1.89 bits per heavy atom. The van der Waals surface area contributed by atoms with Crippen LogP contribution in [0.2, 0.25) is 0 Å². The number of hydrogen-bond donors (Lipinski definition) is 2. The first-order valence-electron chi connectivity index (χ1n) is 6.77. The second kappa shape index (κ2) is 8.11. The van der Waals surface area contributed by atoms with Gasteiger partial charge in [0, 0.05) is 18.8 Å². The number of likely N-dealkylation sites (N-methyl/N-ethyl adjacent to an activating group) is 1. The molecule has 0 heterocycles. The molecule has 0 saturated carbocycles. The van der Waals surface area contributed by atoms with Crippen molar-refractivity contribution in [2.24, 2.45) is 0 Å².